The first kappa shape index (κ1) is 18.4. The van der Waals surface area contributed by atoms with Crippen LogP contribution in [0, 0.1) is 11.6 Å². The molecule has 0 bridgehead atoms. The summed E-state index contributed by atoms with van der Waals surface area (Å²) in [6, 6.07) is 9.63. The molecule has 3 rings (SSSR count). The molecule has 7 heteroatoms. The van der Waals surface area contributed by atoms with E-state index in [1.165, 1.54) is 10.6 Å². The topological polar surface area (TPSA) is 42.2 Å². The summed E-state index contributed by atoms with van der Waals surface area (Å²) in [7, 11) is 0. The molecule has 0 saturated carbocycles. The van der Waals surface area contributed by atoms with E-state index in [2.05, 4.69) is 0 Å². The molecule has 0 unspecified atom stereocenters. The summed E-state index contributed by atoms with van der Waals surface area (Å²) < 4.78 is 30.3. The molecular formula is C19H13Cl2F2NO2. The molecule has 134 valence electrons. The Morgan fingerprint density at radius 1 is 1.00 bits per heavy atom. The van der Waals surface area contributed by atoms with Crippen LogP contribution in [0.5, 0.6) is 5.75 Å². The van der Waals surface area contributed by atoms with Crippen LogP contribution in [0.15, 0.2) is 47.3 Å². The monoisotopic (exact) mass is 395 g/mol. The van der Waals surface area contributed by atoms with Gasteiger partial charge in [0.25, 0.3) is 5.56 Å². The van der Waals surface area contributed by atoms with E-state index in [0.29, 0.717) is 16.1 Å². The second-order valence-corrected chi connectivity index (χ2v) is 6.38. The summed E-state index contributed by atoms with van der Waals surface area (Å²) in [4.78, 5) is 12.5. The van der Waals surface area contributed by atoms with E-state index < -0.39 is 28.5 Å². The number of aromatic nitrogens is 1. The highest BCUT2D eigenvalue weighted by Crippen LogP contribution is 2.39. The van der Waals surface area contributed by atoms with Crippen molar-refractivity contribution in [1.82, 2.24) is 4.57 Å². The molecule has 0 atom stereocenters. The van der Waals surface area contributed by atoms with Crippen molar-refractivity contribution < 1.29 is 13.9 Å². The Bertz CT molecular complexity index is 1040. The number of hydrogen-bond acceptors (Lipinski definition) is 2. The average Bonchev–Trinajstić information content (AvgIpc) is 2.58. The Kier molecular flexibility index (Phi) is 5.03. The van der Waals surface area contributed by atoms with Gasteiger partial charge < -0.3 is 9.67 Å². The van der Waals surface area contributed by atoms with E-state index in [1.807, 2.05) is 0 Å². The van der Waals surface area contributed by atoms with Gasteiger partial charge in [0.1, 0.15) is 22.4 Å². The second-order valence-electron chi connectivity index (χ2n) is 5.57. The Labute approximate surface area is 158 Å². The van der Waals surface area contributed by atoms with Gasteiger partial charge in [0, 0.05) is 34.8 Å². The van der Waals surface area contributed by atoms with Gasteiger partial charge in [0.15, 0.2) is 0 Å². The Hall–Kier alpha value is -2.37. The first-order chi connectivity index (χ1) is 12.3. The van der Waals surface area contributed by atoms with Crippen LogP contribution >= 0.6 is 23.2 Å². The standard InChI is InChI=1S/C19H13Cl2F2NO2/c1-2-24-18(17-15(22)7-10(25)8-16(17)23)12(9-14(21)19(24)26)11-5-3-4-6-13(11)20/h3-9,25H,2H2,1H3. The van der Waals surface area contributed by atoms with Crippen LogP contribution in [0.3, 0.4) is 0 Å². The molecule has 0 spiro atoms. The first-order valence-electron chi connectivity index (χ1n) is 7.71. The van der Waals surface area contributed by atoms with E-state index in [9.17, 15) is 18.7 Å². The third-order valence-electron chi connectivity index (χ3n) is 3.99. The minimum Gasteiger partial charge on any atom is -0.508 e. The zero-order valence-electron chi connectivity index (χ0n) is 13.6. The maximum absolute atomic E-state index is 14.6. The number of hydrogen-bond donors (Lipinski definition) is 1. The van der Waals surface area contributed by atoms with E-state index in [1.54, 1.807) is 31.2 Å². The van der Waals surface area contributed by atoms with E-state index in [4.69, 9.17) is 23.2 Å². The SMILES string of the molecule is CCn1c(-c2c(F)cc(O)cc2F)c(-c2ccccc2Cl)cc(Cl)c1=O. The summed E-state index contributed by atoms with van der Waals surface area (Å²) in [6.07, 6.45) is 0. The number of rotatable bonds is 3. The average molecular weight is 396 g/mol. The fourth-order valence-electron chi connectivity index (χ4n) is 2.87. The number of benzene rings is 2. The van der Waals surface area contributed by atoms with Crippen molar-refractivity contribution >= 4 is 23.2 Å². The van der Waals surface area contributed by atoms with E-state index in [-0.39, 0.29) is 17.3 Å². The van der Waals surface area contributed by atoms with Gasteiger partial charge in [-0.25, -0.2) is 8.78 Å². The van der Waals surface area contributed by atoms with Crippen LogP contribution < -0.4 is 5.56 Å². The van der Waals surface area contributed by atoms with Crippen LogP contribution in [0.1, 0.15) is 6.92 Å². The summed E-state index contributed by atoms with van der Waals surface area (Å²) in [6.45, 7) is 1.79. The van der Waals surface area contributed by atoms with Crippen LogP contribution in [-0.4, -0.2) is 9.67 Å². The number of nitrogens with zero attached hydrogens (tertiary/aromatic N) is 1. The molecule has 1 aromatic heterocycles. The molecule has 2 aromatic carbocycles. The van der Waals surface area contributed by atoms with Crippen molar-refractivity contribution in [1.29, 1.82) is 0 Å². The number of phenolic OH excluding ortho intramolecular Hbond substituents is 1. The highest BCUT2D eigenvalue weighted by molar-refractivity contribution is 6.34. The smallest absolute Gasteiger partial charge is 0.269 e. The molecule has 3 nitrogen and oxygen atoms in total. The van der Waals surface area contributed by atoms with Crippen LogP contribution in [0.25, 0.3) is 22.4 Å². The Morgan fingerprint density at radius 2 is 1.62 bits per heavy atom. The van der Waals surface area contributed by atoms with Gasteiger partial charge in [-0.2, -0.15) is 0 Å². The second kappa shape index (κ2) is 7.09. The van der Waals surface area contributed by atoms with Crippen LogP contribution in [0.2, 0.25) is 10.0 Å². The largest absolute Gasteiger partial charge is 0.508 e. The van der Waals surface area contributed by atoms with Gasteiger partial charge in [-0.1, -0.05) is 41.4 Å². The molecule has 1 N–H and O–H groups in total. The van der Waals surface area contributed by atoms with E-state index in [0.717, 1.165) is 12.1 Å². The molecule has 0 aliphatic rings. The van der Waals surface area contributed by atoms with Crippen molar-refractivity contribution in [2.24, 2.45) is 0 Å². The van der Waals surface area contributed by atoms with Crippen molar-refractivity contribution in [2.75, 3.05) is 0 Å². The molecule has 0 radical (unpaired) electrons. The van der Waals surface area contributed by atoms with Gasteiger partial charge in [-0.3, -0.25) is 4.79 Å². The third kappa shape index (κ3) is 3.08. The zero-order chi connectivity index (χ0) is 19.0. The van der Waals surface area contributed by atoms with Crippen molar-refractivity contribution in [3.63, 3.8) is 0 Å². The number of phenols is 1. The van der Waals surface area contributed by atoms with E-state index >= 15 is 0 Å². The van der Waals surface area contributed by atoms with Gasteiger partial charge in [-0.15, -0.1) is 0 Å². The summed E-state index contributed by atoms with van der Waals surface area (Å²) in [5.74, 6) is -2.55. The van der Waals surface area contributed by atoms with Crippen LogP contribution in [-0.2, 0) is 6.54 Å². The lowest BCUT2D eigenvalue weighted by molar-refractivity contribution is 0.461. The van der Waals surface area contributed by atoms with Gasteiger partial charge >= 0.3 is 0 Å². The maximum Gasteiger partial charge on any atom is 0.269 e. The highest BCUT2D eigenvalue weighted by Gasteiger charge is 2.23. The first-order valence-corrected chi connectivity index (χ1v) is 8.47. The van der Waals surface area contributed by atoms with Gasteiger partial charge in [-0.05, 0) is 19.1 Å². The fraction of sp³-hybridized carbons (Fsp3) is 0.105. The fourth-order valence-corrected chi connectivity index (χ4v) is 3.32. The van der Waals surface area contributed by atoms with Crippen molar-refractivity contribution in [3.8, 4) is 28.1 Å². The predicted octanol–water partition coefficient (Wildman–Crippen LogP) is 5.49. The maximum atomic E-state index is 14.6. The summed E-state index contributed by atoms with van der Waals surface area (Å²) in [5.41, 5.74) is -0.226. The summed E-state index contributed by atoms with van der Waals surface area (Å²) >= 11 is 12.3. The molecule has 3 aromatic rings. The molecule has 0 aliphatic heterocycles. The minimum atomic E-state index is -1.00. The molecule has 0 fully saturated rings. The molecule has 0 amide bonds. The molecular weight excluding hydrogens is 383 g/mol. The van der Waals surface area contributed by atoms with Crippen molar-refractivity contribution in [2.45, 2.75) is 13.5 Å². The summed E-state index contributed by atoms with van der Waals surface area (Å²) in [5, 5.41) is 9.68. The number of pyridine rings is 1. The van der Waals surface area contributed by atoms with Gasteiger partial charge in [0.2, 0.25) is 0 Å². The number of halogens is 4. The molecule has 0 saturated heterocycles. The lowest BCUT2D eigenvalue weighted by Crippen LogP contribution is -2.23. The molecule has 0 aliphatic carbocycles. The highest BCUT2D eigenvalue weighted by atomic mass is 35.5. The van der Waals surface area contributed by atoms with Crippen LogP contribution in [0.4, 0.5) is 8.78 Å². The molecule has 26 heavy (non-hydrogen) atoms. The van der Waals surface area contributed by atoms with Gasteiger partial charge in [0.05, 0.1) is 11.3 Å². The van der Waals surface area contributed by atoms with Crippen molar-refractivity contribution in [3.05, 3.63) is 74.5 Å². The zero-order valence-corrected chi connectivity index (χ0v) is 15.1. The lowest BCUT2D eigenvalue weighted by atomic mass is 9.97. The normalized spacial score (nSPS) is 11.0. The Balaban J connectivity index is 2.51. The third-order valence-corrected chi connectivity index (χ3v) is 4.59. The predicted molar refractivity (Wildman–Crippen MR) is 98.8 cm³/mol. The molecule has 1 heterocycles. The Morgan fingerprint density at radius 3 is 2.19 bits per heavy atom. The minimum absolute atomic E-state index is 0.00463. The number of aromatic hydroxyl groups is 1. The lowest BCUT2D eigenvalue weighted by Gasteiger charge is -2.19. The quantitative estimate of drug-likeness (QED) is 0.636.